The molecule has 1 atom stereocenters. The van der Waals surface area contributed by atoms with E-state index in [-0.39, 0.29) is 0 Å². The van der Waals surface area contributed by atoms with E-state index in [1.807, 2.05) is 13.0 Å². The Morgan fingerprint density at radius 3 is 3.00 bits per heavy atom. The van der Waals surface area contributed by atoms with Gasteiger partial charge in [0.25, 0.3) is 0 Å². The average Bonchev–Trinajstić information content (AvgIpc) is 2.80. The quantitative estimate of drug-likeness (QED) is 0.837. The van der Waals surface area contributed by atoms with Crippen molar-refractivity contribution < 1.29 is 14.6 Å². The van der Waals surface area contributed by atoms with Crippen molar-refractivity contribution in [1.82, 2.24) is 0 Å². The zero-order valence-electron chi connectivity index (χ0n) is 9.81. The number of hydrogen-bond acceptors (Lipinski definition) is 3. The minimum atomic E-state index is -0.872. The number of carboxylic acid groups (broad SMARTS) is 1. The van der Waals surface area contributed by atoms with Gasteiger partial charge in [0.1, 0.15) is 0 Å². The number of carbonyl (C=O) groups is 1. The van der Waals surface area contributed by atoms with Crippen LogP contribution in [-0.4, -0.2) is 29.5 Å². The Bertz CT molecular complexity index is 411. The van der Waals surface area contributed by atoms with E-state index < -0.39 is 5.97 Å². The molecule has 1 heterocycles. The van der Waals surface area contributed by atoms with Gasteiger partial charge in [-0.05, 0) is 43.5 Å². The number of carboxylic acids is 1. The molecule has 3 nitrogen and oxygen atoms in total. The first kappa shape index (κ1) is 12.5. The van der Waals surface area contributed by atoms with Gasteiger partial charge in [-0.25, -0.2) is 4.79 Å². The van der Waals surface area contributed by atoms with Crippen molar-refractivity contribution in [1.29, 1.82) is 0 Å². The second-order valence-electron chi connectivity index (χ2n) is 4.23. The first-order chi connectivity index (χ1) is 8.16. The monoisotopic (exact) mass is 252 g/mol. The summed E-state index contributed by atoms with van der Waals surface area (Å²) in [7, 11) is 0. The molecule has 0 radical (unpaired) electrons. The molecule has 1 unspecified atom stereocenters. The number of ether oxygens (including phenoxy) is 1. The maximum Gasteiger partial charge on any atom is 0.335 e. The largest absolute Gasteiger partial charge is 0.478 e. The Kier molecular flexibility index (Phi) is 4.07. The van der Waals surface area contributed by atoms with Crippen molar-refractivity contribution in [2.24, 2.45) is 0 Å². The molecule has 1 aromatic rings. The SMILES string of the molecule is Cc1cc(C(=O)O)ccc1SCC1CCCO1. The molecule has 1 N–H and O–H groups in total. The predicted molar refractivity (Wildman–Crippen MR) is 67.8 cm³/mol. The third-order valence-corrected chi connectivity index (χ3v) is 4.18. The minimum Gasteiger partial charge on any atom is -0.478 e. The van der Waals surface area contributed by atoms with Crippen LogP contribution in [0.4, 0.5) is 0 Å². The number of aryl methyl sites for hydroxylation is 1. The lowest BCUT2D eigenvalue weighted by Crippen LogP contribution is -2.08. The van der Waals surface area contributed by atoms with E-state index in [0.717, 1.165) is 35.7 Å². The van der Waals surface area contributed by atoms with Gasteiger partial charge in [0.2, 0.25) is 0 Å². The first-order valence-electron chi connectivity index (χ1n) is 5.75. The van der Waals surface area contributed by atoms with Crippen LogP contribution in [0.3, 0.4) is 0 Å². The van der Waals surface area contributed by atoms with E-state index in [1.54, 1.807) is 23.9 Å². The second kappa shape index (κ2) is 5.56. The minimum absolute atomic E-state index is 0.351. The summed E-state index contributed by atoms with van der Waals surface area (Å²) in [6, 6.07) is 5.27. The second-order valence-corrected chi connectivity index (χ2v) is 5.29. The molecule has 0 bridgehead atoms. The molecule has 0 aliphatic carbocycles. The third kappa shape index (κ3) is 3.23. The maximum absolute atomic E-state index is 10.8. The number of aromatic carboxylic acids is 1. The van der Waals surface area contributed by atoms with E-state index in [1.165, 1.54) is 0 Å². The number of benzene rings is 1. The fourth-order valence-corrected chi connectivity index (χ4v) is 2.98. The molecule has 0 spiro atoms. The lowest BCUT2D eigenvalue weighted by atomic mass is 10.1. The van der Waals surface area contributed by atoms with Gasteiger partial charge >= 0.3 is 5.97 Å². The van der Waals surface area contributed by atoms with E-state index in [4.69, 9.17) is 9.84 Å². The van der Waals surface area contributed by atoms with Crippen LogP contribution >= 0.6 is 11.8 Å². The van der Waals surface area contributed by atoms with Gasteiger partial charge < -0.3 is 9.84 Å². The van der Waals surface area contributed by atoms with Crippen molar-refractivity contribution in [3.63, 3.8) is 0 Å². The molecule has 1 aromatic carbocycles. The van der Waals surface area contributed by atoms with E-state index in [0.29, 0.717) is 11.7 Å². The Labute approximate surface area is 105 Å². The van der Waals surface area contributed by atoms with Crippen molar-refractivity contribution in [3.05, 3.63) is 29.3 Å². The van der Waals surface area contributed by atoms with Gasteiger partial charge in [-0.2, -0.15) is 0 Å². The smallest absolute Gasteiger partial charge is 0.335 e. The molecule has 0 amide bonds. The molecule has 2 rings (SSSR count). The van der Waals surface area contributed by atoms with Crippen molar-refractivity contribution in [2.45, 2.75) is 30.8 Å². The lowest BCUT2D eigenvalue weighted by molar-refractivity contribution is 0.0696. The summed E-state index contributed by atoms with van der Waals surface area (Å²) in [5, 5.41) is 8.88. The van der Waals surface area contributed by atoms with Crippen molar-refractivity contribution in [2.75, 3.05) is 12.4 Å². The summed E-state index contributed by atoms with van der Waals surface area (Å²) in [6.07, 6.45) is 2.65. The Balaban J connectivity index is 1.98. The molecule has 1 aliphatic heterocycles. The molecule has 1 saturated heterocycles. The summed E-state index contributed by atoms with van der Waals surface area (Å²) in [6.45, 7) is 2.83. The van der Waals surface area contributed by atoms with Crippen molar-refractivity contribution >= 4 is 17.7 Å². The van der Waals surface area contributed by atoms with Crippen LogP contribution in [0, 0.1) is 6.92 Å². The van der Waals surface area contributed by atoms with Gasteiger partial charge in [0.05, 0.1) is 11.7 Å². The fraction of sp³-hybridized carbons (Fsp3) is 0.462. The van der Waals surface area contributed by atoms with Crippen LogP contribution in [0.25, 0.3) is 0 Å². The van der Waals surface area contributed by atoms with Crippen LogP contribution < -0.4 is 0 Å². The molecule has 4 heteroatoms. The number of rotatable bonds is 4. The highest BCUT2D eigenvalue weighted by Crippen LogP contribution is 2.27. The molecular weight excluding hydrogens is 236 g/mol. The highest BCUT2D eigenvalue weighted by Gasteiger charge is 2.16. The van der Waals surface area contributed by atoms with Crippen LogP contribution in [0.1, 0.15) is 28.8 Å². The predicted octanol–water partition coefficient (Wildman–Crippen LogP) is 2.96. The molecule has 1 fully saturated rings. The molecule has 0 saturated carbocycles. The summed E-state index contributed by atoms with van der Waals surface area (Å²) < 4.78 is 5.56. The van der Waals surface area contributed by atoms with E-state index in [9.17, 15) is 4.79 Å². The average molecular weight is 252 g/mol. The zero-order valence-corrected chi connectivity index (χ0v) is 10.6. The Hall–Kier alpha value is -1.000. The van der Waals surface area contributed by atoms with Gasteiger partial charge in [-0.15, -0.1) is 11.8 Å². The van der Waals surface area contributed by atoms with E-state index in [2.05, 4.69) is 0 Å². The summed E-state index contributed by atoms with van der Waals surface area (Å²) >= 11 is 1.75. The topological polar surface area (TPSA) is 46.5 Å². The molecule has 17 heavy (non-hydrogen) atoms. The molecule has 0 aromatic heterocycles. The summed E-state index contributed by atoms with van der Waals surface area (Å²) in [5.41, 5.74) is 1.37. The summed E-state index contributed by atoms with van der Waals surface area (Å²) in [4.78, 5) is 11.9. The van der Waals surface area contributed by atoms with Gasteiger partial charge in [-0.1, -0.05) is 0 Å². The van der Waals surface area contributed by atoms with Crippen molar-refractivity contribution in [3.8, 4) is 0 Å². The van der Waals surface area contributed by atoms with Gasteiger partial charge in [-0.3, -0.25) is 0 Å². The maximum atomic E-state index is 10.8. The number of thioether (sulfide) groups is 1. The standard InChI is InChI=1S/C13H16O3S/c1-9-7-10(13(14)15)4-5-12(9)17-8-11-3-2-6-16-11/h4-5,7,11H,2-3,6,8H2,1H3,(H,14,15). The van der Waals surface area contributed by atoms with Crippen LogP contribution in [0.2, 0.25) is 0 Å². The lowest BCUT2D eigenvalue weighted by Gasteiger charge is -2.10. The summed E-state index contributed by atoms with van der Waals surface area (Å²) in [5.74, 6) is 0.0801. The molecule has 1 aliphatic rings. The van der Waals surface area contributed by atoms with E-state index >= 15 is 0 Å². The van der Waals surface area contributed by atoms with Crippen LogP contribution in [0.15, 0.2) is 23.1 Å². The van der Waals surface area contributed by atoms with Gasteiger partial charge in [0.15, 0.2) is 0 Å². The zero-order chi connectivity index (χ0) is 12.3. The Morgan fingerprint density at radius 1 is 1.59 bits per heavy atom. The molecular formula is C13H16O3S. The van der Waals surface area contributed by atoms with Crippen LogP contribution in [-0.2, 0) is 4.74 Å². The Morgan fingerprint density at radius 2 is 2.41 bits per heavy atom. The van der Waals surface area contributed by atoms with Gasteiger partial charge in [0, 0.05) is 17.3 Å². The fourth-order valence-electron chi connectivity index (χ4n) is 1.90. The highest BCUT2D eigenvalue weighted by molar-refractivity contribution is 7.99. The highest BCUT2D eigenvalue weighted by atomic mass is 32.2. The first-order valence-corrected chi connectivity index (χ1v) is 6.74. The number of hydrogen-bond donors (Lipinski definition) is 1. The van der Waals surface area contributed by atoms with Crippen LogP contribution in [0.5, 0.6) is 0 Å². The normalized spacial score (nSPS) is 19.5. The third-order valence-electron chi connectivity index (χ3n) is 2.87. The molecule has 92 valence electrons.